The molecule has 0 amide bonds. The summed E-state index contributed by atoms with van der Waals surface area (Å²) in [6.45, 7) is 4.17. The average molecular weight is 211 g/mol. The van der Waals surface area contributed by atoms with Crippen molar-refractivity contribution < 1.29 is 4.74 Å². The van der Waals surface area contributed by atoms with E-state index in [1.807, 2.05) is 18.2 Å². The third-order valence-corrected chi connectivity index (χ3v) is 2.60. The minimum Gasteiger partial charge on any atom is -0.496 e. The van der Waals surface area contributed by atoms with Crippen molar-refractivity contribution in [2.75, 3.05) is 7.11 Å². The van der Waals surface area contributed by atoms with Gasteiger partial charge >= 0.3 is 0 Å². The van der Waals surface area contributed by atoms with Crippen LogP contribution in [0.4, 0.5) is 0 Å². The van der Waals surface area contributed by atoms with E-state index < -0.39 is 0 Å². The van der Waals surface area contributed by atoms with Crippen LogP contribution in [0.5, 0.6) is 5.75 Å². The van der Waals surface area contributed by atoms with Crippen molar-refractivity contribution in [2.45, 2.75) is 13.8 Å². The van der Waals surface area contributed by atoms with Crippen molar-refractivity contribution in [3.05, 3.63) is 53.6 Å². The van der Waals surface area contributed by atoms with Gasteiger partial charge in [0.2, 0.25) is 0 Å². The van der Waals surface area contributed by atoms with Crippen LogP contribution in [0.15, 0.2) is 36.4 Å². The molecule has 0 bridgehead atoms. The van der Waals surface area contributed by atoms with Gasteiger partial charge in [-0.3, -0.25) is 0 Å². The van der Waals surface area contributed by atoms with Crippen LogP contribution in [0, 0.1) is 19.9 Å². The zero-order valence-corrected chi connectivity index (χ0v) is 9.87. The van der Waals surface area contributed by atoms with Crippen LogP contribution in [0.2, 0.25) is 0 Å². The fourth-order valence-electron chi connectivity index (χ4n) is 1.77. The second-order valence-electron chi connectivity index (χ2n) is 3.98. The smallest absolute Gasteiger partial charge is 0.126 e. The maximum Gasteiger partial charge on any atom is 0.126 e. The Balaban J connectivity index is 2.58. The summed E-state index contributed by atoms with van der Waals surface area (Å²) in [6, 6.07) is 15.6. The predicted octanol–water partition coefficient (Wildman–Crippen LogP) is 3.78. The number of ether oxygens (including phenoxy) is 1. The van der Waals surface area contributed by atoms with Crippen molar-refractivity contribution in [1.82, 2.24) is 0 Å². The van der Waals surface area contributed by atoms with Gasteiger partial charge in [0.05, 0.1) is 7.11 Å². The molecule has 81 valence electrons. The molecule has 0 aliphatic carbocycles. The topological polar surface area (TPSA) is 9.23 Å². The number of methoxy groups -OCH3 is 1. The highest BCUT2D eigenvalue weighted by Gasteiger charge is 2.05. The van der Waals surface area contributed by atoms with Gasteiger partial charge in [0.1, 0.15) is 5.75 Å². The van der Waals surface area contributed by atoms with Gasteiger partial charge in [-0.15, -0.1) is 0 Å². The SMILES string of the molecule is COc1ccc(C)cc1-c1[c]ccc(C)c1. The number of hydrogen-bond acceptors (Lipinski definition) is 1. The van der Waals surface area contributed by atoms with E-state index in [-0.39, 0.29) is 0 Å². The van der Waals surface area contributed by atoms with Crippen LogP contribution in [0.1, 0.15) is 11.1 Å². The summed E-state index contributed by atoms with van der Waals surface area (Å²) >= 11 is 0. The molecule has 16 heavy (non-hydrogen) atoms. The summed E-state index contributed by atoms with van der Waals surface area (Å²) < 4.78 is 5.37. The molecule has 0 fully saturated rings. The van der Waals surface area contributed by atoms with Gasteiger partial charge in [-0.25, -0.2) is 0 Å². The third-order valence-electron chi connectivity index (χ3n) is 2.60. The molecule has 0 heterocycles. The highest BCUT2D eigenvalue weighted by atomic mass is 16.5. The van der Waals surface area contributed by atoms with E-state index in [9.17, 15) is 0 Å². The second kappa shape index (κ2) is 4.40. The van der Waals surface area contributed by atoms with Crippen LogP contribution >= 0.6 is 0 Å². The molecule has 0 aliphatic heterocycles. The molecule has 1 heteroatoms. The Hall–Kier alpha value is -1.76. The monoisotopic (exact) mass is 211 g/mol. The molecule has 0 spiro atoms. The molecule has 0 N–H and O–H groups in total. The molecular formula is C15H15O. The lowest BCUT2D eigenvalue weighted by Gasteiger charge is -2.09. The molecule has 2 aromatic carbocycles. The van der Waals surface area contributed by atoms with E-state index in [0.717, 1.165) is 16.9 Å². The molecule has 1 nitrogen and oxygen atoms in total. The average Bonchev–Trinajstić information content (AvgIpc) is 2.29. The second-order valence-corrected chi connectivity index (χ2v) is 3.98. The third kappa shape index (κ3) is 2.08. The zero-order chi connectivity index (χ0) is 11.5. The van der Waals surface area contributed by atoms with E-state index >= 15 is 0 Å². The molecule has 2 rings (SSSR count). The Kier molecular flexibility index (Phi) is 2.95. The van der Waals surface area contributed by atoms with Crippen molar-refractivity contribution in [3.8, 4) is 16.9 Å². The van der Waals surface area contributed by atoms with Crippen molar-refractivity contribution >= 4 is 0 Å². The summed E-state index contributed by atoms with van der Waals surface area (Å²) in [7, 11) is 1.70. The van der Waals surface area contributed by atoms with E-state index in [0.29, 0.717) is 0 Å². The van der Waals surface area contributed by atoms with Crippen molar-refractivity contribution in [3.63, 3.8) is 0 Å². The van der Waals surface area contributed by atoms with E-state index in [4.69, 9.17) is 4.74 Å². The summed E-state index contributed by atoms with van der Waals surface area (Å²) in [6.07, 6.45) is 0. The van der Waals surface area contributed by atoms with Gasteiger partial charge in [0, 0.05) is 5.56 Å². The number of hydrogen-bond donors (Lipinski definition) is 0. The molecule has 0 saturated carbocycles. The maximum atomic E-state index is 5.37. The quantitative estimate of drug-likeness (QED) is 0.734. The summed E-state index contributed by atoms with van der Waals surface area (Å²) in [5.74, 6) is 0.896. The molecule has 1 radical (unpaired) electrons. The van der Waals surface area contributed by atoms with E-state index in [2.05, 4.69) is 38.1 Å². The Bertz CT molecular complexity index is 501. The molecule has 0 saturated heterocycles. The standard InChI is InChI=1S/C15H15O/c1-11-5-4-6-13(9-11)14-10-12(2)7-8-15(14)16-3/h4-5,7-10H,1-3H3. The number of aryl methyl sites for hydroxylation is 2. The Morgan fingerprint density at radius 1 is 1.00 bits per heavy atom. The molecule has 0 aromatic heterocycles. The lowest BCUT2D eigenvalue weighted by molar-refractivity contribution is 0.416. The van der Waals surface area contributed by atoms with E-state index in [1.165, 1.54) is 11.1 Å². The van der Waals surface area contributed by atoms with Crippen LogP contribution in [-0.4, -0.2) is 7.11 Å². The largest absolute Gasteiger partial charge is 0.496 e. The van der Waals surface area contributed by atoms with Gasteiger partial charge in [0.15, 0.2) is 0 Å². The minimum absolute atomic E-state index is 0.896. The Morgan fingerprint density at radius 2 is 1.75 bits per heavy atom. The highest BCUT2D eigenvalue weighted by Crippen LogP contribution is 2.30. The summed E-state index contributed by atoms with van der Waals surface area (Å²) in [5.41, 5.74) is 4.65. The molecule has 0 aliphatic rings. The Morgan fingerprint density at radius 3 is 2.44 bits per heavy atom. The first kappa shape index (κ1) is 10.7. The molecule has 2 aromatic rings. The highest BCUT2D eigenvalue weighted by molar-refractivity contribution is 5.71. The molecule has 0 unspecified atom stereocenters. The fraction of sp³-hybridized carbons (Fsp3) is 0.200. The molecule has 0 atom stereocenters. The van der Waals surface area contributed by atoms with Crippen LogP contribution in [0.3, 0.4) is 0 Å². The predicted molar refractivity (Wildman–Crippen MR) is 66.7 cm³/mol. The van der Waals surface area contributed by atoms with Gasteiger partial charge in [0.25, 0.3) is 0 Å². The number of benzene rings is 2. The van der Waals surface area contributed by atoms with Gasteiger partial charge < -0.3 is 4.74 Å². The Labute approximate surface area is 96.7 Å². The van der Waals surface area contributed by atoms with Crippen LogP contribution in [-0.2, 0) is 0 Å². The first-order valence-corrected chi connectivity index (χ1v) is 5.34. The maximum absolute atomic E-state index is 5.37. The molecular weight excluding hydrogens is 196 g/mol. The summed E-state index contributed by atoms with van der Waals surface area (Å²) in [5, 5.41) is 0. The van der Waals surface area contributed by atoms with Crippen molar-refractivity contribution in [1.29, 1.82) is 0 Å². The lowest BCUT2D eigenvalue weighted by atomic mass is 10.0. The first-order valence-electron chi connectivity index (χ1n) is 5.34. The minimum atomic E-state index is 0.896. The fourth-order valence-corrected chi connectivity index (χ4v) is 1.77. The van der Waals surface area contributed by atoms with Crippen LogP contribution < -0.4 is 4.74 Å². The van der Waals surface area contributed by atoms with Gasteiger partial charge in [-0.2, -0.15) is 0 Å². The lowest BCUT2D eigenvalue weighted by Crippen LogP contribution is -1.89. The number of rotatable bonds is 2. The zero-order valence-electron chi connectivity index (χ0n) is 9.87. The van der Waals surface area contributed by atoms with Crippen LogP contribution in [0.25, 0.3) is 11.1 Å². The normalized spacial score (nSPS) is 10.2. The van der Waals surface area contributed by atoms with Crippen molar-refractivity contribution in [2.24, 2.45) is 0 Å². The van der Waals surface area contributed by atoms with E-state index in [1.54, 1.807) is 7.11 Å². The summed E-state index contributed by atoms with van der Waals surface area (Å²) in [4.78, 5) is 0. The van der Waals surface area contributed by atoms with Gasteiger partial charge in [-0.1, -0.05) is 35.4 Å². The van der Waals surface area contributed by atoms with Gasteiger partial charge in [-0.05, 0) is 37.6 Å². The first-order chi connectivity index (χ1) is 7.70.